The molecular weight excluding hydrogens is 412 g/mol. The first kappa shape index (κ1) is 21.7. The van der Waals surface area contributed by atoms with Crippen molar-refractivity contribution >= 4 is 22.7 Å². The van der Waals surface area contributed by atoms with Crippen molar-refractivity contribution in [2.45, 2.75) is 57.9 Å². The highest BCUT2D eigenvalue weighted by Crippen LogP contribution is 2.32. The number of aryl methyl sites for hydroxylation is 1. The summed E-state index contributed by atoms with van der Waals surface area (Å²) in [6.45, 7) is 1.84. The van der Waals surface area contributed by atoms with Crippen LogP contribution < -0.4 is 11.1 Å². The lowest BCUT2D eigenvalue weighted by Gasteiger charge is -2.22. The summed E-state index contributed by atoms with van der Waals surface area (Å²) in [6, 6.07) is 11.8. The number of rotatable bonds is 7. The molecule has 0 unspecified atom stereocenters. The molecule has 5 rings (SSSR count). The molecule has 2 fully saturated rings. The Hall–Kier alpha value is -3.15. The number of nitrogens with two attached hydrogens (primary N) is 1. The average Bonchev–Trinajstić information content (AvgIpc) is 3.41. The molecule has 0 bridgehead atoms. The van der Waals surface area contributed by atoms with Crippen LogP contribution in [0, 0.1) is 11.8 Å². The SMILES string of the molecule is NC(=O)c1cccc(-c2ccc3c(c2)c(CC[C@H]2CCNC2=O)cn3CC2CCCCC2)n1. The fourth-order valence-corrected chi connectivity index (χ4v) is 5.51. The smallest absolute Gasteiger partial charge is 0.267 e. The molecule has 2 aromatic heterocycles. The van der Waals surface area contributed by atoms with Crippen LogP contribution in [0.2, 0.25) is 0 Å². The van der Waals surface area contributed by atoms with E-state index in [-0.39, 0.29) is 17.5 Å². The van der Waals surface area contributed by atoms with Gasteiger partial charge < -0.3 is 15.6 Å². The van der Waals surface area contributed by atoms with E-state index in [0.29, 0.717) is 0 Å². The van der Waals surface area contributed by atoms with Gasteiger partial charge in [0.1, 0.15) is 5.69 Å². The summed E-state index contributed by atoms with van der Waals surface area (Å²) in [5.41, 5.74) is 9.95. The Morgan fingerprint density at radius 3 is 2.73 bits per heavy atom. The van der Waals surface area contributed by atoms with E-state index in [2.05, 4.69) is 39.3 Å². The van der Waals surface area contributed by atoms with Gasteiger partial charge in [-0.05, 0) is 67.9 Å². The third-order valence-corrected chi connectivity index (χ3v) is 7.37. The number of primary amides is 1. The van der Waals surface area contributed by atoms with Crippen molar-refractivity contribution in [3.63, 3.8) is 0 Å². The summed E-state index contributed by atoms with van der Waals surface area (Å²) >= 11 is 0. The lowest BCUT2D eigenvalue weighted by molar-refractivity contribution is -0.122. The minimum absolute atomic E-state index is 0.110. The highest BCUT2D eigenvalue weighted by atomic mass is 16.2. The number of hydrogen-bond donors (Lipinski definition) is 2. The maximum atomic E-state index is 12.1. The van der Waals surface area contributed by atoms with Crippen molar-refractivity contribution in [1.29, 1.82) is 0 Å². The molecule has 3 N–H and O–H groups in total. The van der Waals surface area contributed by atoms with Gasteiger partial charge in [0.2, 0.25) is 5.91 Å². The van der Waals surface area contributed by atoms with E-state index in [1.807, 2.05) is 12.1 Å². The number of amides is 2. The van der Waals surface area contributed by atoms with Crippen LogP contribution in [0.4, 0.5) is 0 Å². The van der Waals surface area contributed by atoms with Gasteiger partial charge in [0.15, 0.2) is 0 Å². The van der Waals surface area contributed by atoms with E-state index in [4.69, 9.17) is 5.73 Å². The van der Waals surface area contributed by atoms with Crippen molar-refractivity contribution in [1.82, 2.24) is 14.9 Å². The van der Waals surface area contributed by atoms with Gasteiger partial charge in [-0.3, -0.25) is 9.59 Å². The first-order valence-electron chi connectivity index (χ1n) is 12.2. The molecule has 1 atom stereocenters. The summed E-state index contributed by atoms with van der Waals surface area (Å²) in [4.78, 5) is 28.2. The van der Waals surface area contributed by atoms with Crippen LogP contribution in [0.15, 0.2) is 42.6 Å². The molecule has 0 radical (unpaired) electrons. The summed E-state index contributed by atoms with van der Waals surface area (Å²) in [7, 11) is 0. The molecule has 2 aliphatic rings. The van der Waals surface area contributed by atoms with Crippen molar-refractivity contribution in [2.24, 2.45) is 17.6 Å². The molecule has 3 heterocycles. The Morgan fingerprint density at radius 1 is 1.12 bits per heavy atom. The fraction of sp³-hybridized carbons (Fsp3) is 0.444. The second-order valence-electron chi connectivity index (χ2n) is 9.63. The predicted octanol–water partition coefficient (Wildman–Crippen LogP) is 4.45. The van der Waals surface area contributed by atoms with Crippen LogP contribution in [0.3, 0.4) is 0 Å². The normalized spacial score (nSPS) is 19.2. The molecule has 1 aliphatic heterocycles. The number of carbonyl (C=O) groups is 2. The largest absolute Gasteiger partial charge is 0.364 e. The van der Waals surface area contributed by atoms with Gasteiger partial charge in [-0.1, -0.05) is 31.4 Å². The molecule has 6 nitrogen and oxygen atoms in total. The fourth-order valence-electron chi connectivity index (χ4n) is 5.51. The molecule has 172 valence electrons. The molecule has 6 heteroatoms. The Bertz CT molecular complexity index is 1180. The van der Waals surface area contributed by atoms with Gasteiger partial charge in [0.05, 0.1) is 5.69 Å². The first-order chi connectivity index (χ1) is 16.1. The van der Waals surface area contributed by atoms with Crippen LogP contribution in [0.25, 0.3) is 22.2 Å². The topological polar surface area (TPSA) is 90.0 Å². The van der Waals surface area contributed by atoms with Gasteiger partial charge in [0, 0.05) is 41.7 Å². The summed E-state index contributed by atoms with van der Waals surface area (Å²) in [5, 5.41) is 4.17. The second-order valence-corrected chi connectivity index (χ2v) is 9.63. The highest BCUT2D eigenvalue weighted by molar-refractivity contribution is 5.92. The molecule has 3 aromatic rings. The lowest BCUT2D eigenvalue weighted by atomic mass is 9.89. The summed E-state index contributed by atoms with van der Waals surface area (Å²) in [6.07, 6.45) is 11.6. The van der Waals surface area contributed by atoms with E-state index in [1.165, 1.54) is 48.6 Å². The third kappa shape index (κ3) is 4.65. The first-order valence-corrected chi connectivity index (χ1v) is 12.2. The van der Waals surface area contributed by atoms with Crippen molar-refractivity contribution in [3.05, 3.63) is 53.9 Å². The minimum Gasteiger partial charge on any atom is -0.364 e. The van der Waals surface area contributed by atoms with Crippen molar-refractivity contribution < 1.29 is 9.59 Å². The van der Waals surface area contributed by atoms with E-state index in [1.54, 1.807) is 6.07 Å². The molecular formula is C27H32N4O2. The number of fused-ring (bicyclic) bond motifs is 1. The maximum absolute atomic E-state index is 12.1. The van der Waals surface area contributed by atoms with Crippen LogP contribution in [0.1, 0.15) is 61.0 Å². The van der Waals surface area contributed by atoms with Crippen LogP contribution in [-0.4, -0.2) is 27.9 Å². The number of benzene rings is 1. The average molecular weight is 445 g/mol. The van der Waals surface area contributed by atoms with Gasteiger partial charge in [-0.2, -0.15) is 0 Å². The number of carbonyl (C=O) groups excluding carboxylic acids is 2. The minimum atomic E-state index is -0.521. The van der Waals surface area contributed by atoms with Crippen LogP contribution in [-0.2, 0) is 17.8 Å². The predicted molar refractivity (Wildman–Crippen MR) is 130 cm³/mol. The van der Waals surface area contributed by atoms with E-state index < -0.39 is 5.91 Å². The van der Waals surface area contributed by atoms with E-state index in [0.717, 1.165) is 49.5 Å². The van der Waals surface area contributed by atoms with Gasteiger partial charge in [0.25, 0.3) is 5.91 Å². The Balaban J connectivity index is 1.49. The number of aromatic nitrogens is 2. The highest BCUT2D eigenvalue weighted by Gasteiger charge is 2.24. The van der Waals surface area contributed by atoms with Crippen molar-refractivity contribution in [2.75, 3.05) is 6.54 Å². The molecule has 1 saturated carbocycles. The zero-order valence-corrected chi connectivity index (χ0v) is 19.1. The molecule has 33 heavy (non-hydrogen) atoms. The van der Waals surface area contributed by atoms with Crippen LogP contribution in [0.5, 0.6) is 0 Å². The second kappa shape index (κ2) is 9.38. The standard InChI is InChI=1S/C27H32N4O2/c28-26(32)24-8-4-7-23(30-24)20-11-12-25-22(15-20)21(10-9-19-13-14-29-27(19)33)17-31(25)16-18-5-2-1-3-6-18/h4,7-8,11-12,15,17-19H,1-3,5-6,9-10,13-14,16H2,(H2,28,32)(H,29,33)/t19-/m0/s1. The zero-order chi connectivity index (χ0) is 22.8. The Kier molecular flexibility index (Phi) is 6.16. The van der Waals surface area contributed by atoms with E-state index in [9.17, 15) is 9.59 Å². The lowest BCUT2D eigenvalue weighted by Crippen LogP contribution is -2.19. The van der Waals surface area contributed by atoms with Crippen LogP contribution >= 0.6 is 0 Å². The van der Waals surface area contributed by atoms with Gasteiger partial charge in [-0.15, -0.1) is 0 Å². The summed E-state index contributed by atoms with van der Waals surface area (Å²) < 4.78 is 2.42. The van der Waals surface area contributed by atoms with Gasteiger partial charge >= 0.3 is 0 Å². The quantitative estimate of drug-likeness (QED) is 0.564. The molecule has 1 saturated heterocycles. The molecule has 0 spiro atoms. The molecule has 2 amide bonds. The summed E-state index contributed by atoms with van der Waals surface area (Å²) in [5.74, 6) is 0.511. The third-order valence-electron chi connectivity index (χ3n) is 7.37. The van der Waals surface area contributed by atoms with E-state index >= 15 is 0 Å². The molecule has 1 aromatic carbocycles. The number of pyridine rings is 1. The maximum Gasteiger partial charge on any atom is 0.267 e. The molecule has 1 aliphatic carbocycles. The van der Waals surface area contributed by atoms with Crippen molar-refractivity contribution in [3.8, 4) is 11.3 Å². The number of nitrogens with zero attached hydrogens (tertiary/aromatic N) is 2. The Labute approximate surface area is 194 Å². The monoisotopic (exact) mass is 444 g/mol. The Morgan fingerprint density at radius 2 is 1.97 bits per heavy atom. The van der Waals surface area contributed by atoms with Gasteiger partial charge in [-0.25, -0.2) is 4.98 Å². The number of hydrogen-bond acceptors (Lipinski definition) is 3. The number of nitrogens with one attached hydrogen (secondary N) is 1. The zero-order valence-electron chi connectivity index (χ0n) is 19.1.